The maximum Gasteiger partial charge on any atom is 0.119 e. The minimum absolute atomic E-state index is 0.416. The van der Waals surface area contributed by atoms with Gasteiger partial charge in [0.25, 0.3) is 0 Å². The number of nitrogens with one attached hydrogen (secondary N) is 1. The number of rotatable bonds is 2. The van der Waals surface area contributed by atoms with E-state index in [2.05, 4.69) is 59.4 Å². The van der Waals surface area contributed by atoms with Gasteiger partial charge in [0.2, 0.25) is 0 Å². The smallest absolute Gasteiger partial charge is 0.119 e. The van der Waals surface area contributed by atoms with Gasteiger partial charge in [-0.3, -0.25) is 0 Å². The Hall–Kier alpha value is -2.26. The molecule has 3 nitrogen and oxygen atoms in total. The summed E-state index contributed by atoms with van der Waals surface area (Å²) in [5.74, 6) is 1.35. The standard InChI is InChI=1S/C19H20N2O/c1-21-11-15-10-16(22-2)4-5-17(15)18(12-21)13-3-6-19-14(9-13)7-8-20-19/h3-10,18,20H,11-12H2,1-2H3. The molecule has 0 amide bonds. The Labute approximate surface area is 130 Å². The second-order valence-corrected chi connectivity index (χ2v) is 6.14. The van der Waals surface area contributed by atoms with Gasteiger partial charge >= 0.3 is 0 Å². The van der Waals surface area contributed by atoms with Gasteiger partial charge in [0.1, 0.15) is 5.75 Å². The summed E-state index contributed by atoms with van der Waals surface area (Å²) in [7, 11) is 3.91. The Balaban J connectivity index is 1.81. The quantitative estimate of drug-likeness (QED) is 0.779. The molecule has 0 bridgehead atoms. The Morgan fingerprint density at radius 3 is 2.91 bits per heavy atom. The van der Waals surface area contributed by atoms with E-state index < -0.39 is 0 Å². The molecule has 3 aromatic rings. The number of nitrogens with zero attached hydrogens (tertiary/aromatic N) is 1. The van der Waals surface area contributed by atoms with Crippen LogP contribution in [0.2, 0.25) is 0 Å². The van der Waals surface area contributed by atoms with Gasteiger partial charge < -0.3 is 14.6 Å². The van der Waals surface area contributed by atoms with Gasteiger partial charge in [0.15, 0.2) is 0 Å². The summed E-state index contributed by atoms with van der Waals surface area (Å²) in [4.78, 5) is 5.65. The molecule has 2 aromatic carbocycles. The number of fused-ring (bicyclic) bond motifs is 2. The van der Waals surface area contributed by atoms with E-state index in [0.717, 1.165) is 18.8 Å². The molecule has 22 heavy (non-hydrogen) atoms. The van der Waals surface area contributed by atoms with Crippen LogP contribution in [0.5, 0.6) is 5.75 Å². The number of likely N-dealkylation sites (N-methyl/N-ethyl adjacent to an activating group) is 1. The van der Waals surface area contributed by atoms with Gasteiger partial charge in [-0.2, -0.15) is 0 Å². The molecule has 1 aliphatic rings. The number of H-pyrrole nitrogens is 1. The highest BCUT2D eigenvalue weighted by Crippen LogP contribution is 2.35. The van der Waals surface area contributed by atoms with Crippen LogP contribution in [-0.4, -0.2) is 30.6 Å². The molecule has 1 aromatic heterocycles. The lowest BCUT2D eigenvalue weighted by Gasteiger charge is -2.33. The lowest BCUT2D eigenvalue weighted by molar-refractivity contribution is 0.294. The maximum atomic E-state index is 5.38. The van der Waals surface area contributed by atoms with Crippen LogP contribution in [0.4, 0.5) is 0 Å². The van der Waals surface area contributed by atoms with E-state index in [1.165, 1.54) is 27.6 Å². The van der Waals surface area contributed by atoms with Crippen LogP contribution in [0.3, 0.4) is 0 Å². The number of ether oxygens (including phenoxy) is 1. The van der Waals surface area contributed by atoms with Crippen molar-refractivity contribution < 1.29 is 4.74 Å². The zero-order valence-electron chi connectivity index (χ0n) is 13.0. The Morgan fingerprint density at radius 2 is 2.05 bits per heavy atom. The van der Waals surface area contributed by atoms with E-state index in [4.69, 9.17) is 4.74 Å². The van der Waals surface area contributed by atoms with E-state index in [-0.39, 0.29) is 0 Å². The Bertz CT molecular complexity index is 821. The molecule has 0 radical (unpaired) electrons. The van der Waals surface area contributed by atoms with Crippen molar-refractivity contribution in [3.63, 3.8) is 0 Å². The molecule has 1 atom stereocenters. The number of hydrogen-bond acceptors (Lipinski definition) is 2. The van der Waals surface area contributed by atoms with E-state index >= 15 is 0 Å². The first-order valence-electron chi connectivity index (χ1n) is 7.67. The summed E-state index contributed by atoms with van der Waals surface area (Å²) in [6.45, 7) is 2.03. The highest BCUT2D eigenvalue weighted by Gasteiger charge is 2.25. The van der Waals surface area contributed by atoms with Crippen molar-refractivity contribution in [2.75, 3.05) is 20.7 Å². The predicted octanol–water partition coefficient (Wildman–Crippen LogP) is 3.75. The molecule has 0 spiro atoms. The van der Waals surface area contributed by atoms with Crippen molar-refractivity contribution in [1.82, 2.24) is 9.88 Å². The molecule has 0 saturated heterocycles. The van der Waals surface area contributed by atoms with Crippen molar-refractivity contribution in [3.8, 4) is 5.75 Å². The molecule has 1 unspecified atom stereocenters. The molecule has 1 N–H and O–H groups in total. The first kappa shape index (κ1) is 13.4. The topological polar surface area (TPSA) is 28.3 Å². The summed E-state index contributed by atoms with van der Waals surface area (Å²) in [6.07, 6.45) is 2.00. The fourth-order valence-electron chi connectivity index (χ4n) is 3.52. The summed E-state index contributed by atoms with van der Waals surface area (Å²) in [5, 5.41) is 1.28. The molecule has 112 valence electrons. The third kappa shape index (κ3) is 2.18. The van der Waals surface area contributed by atoms with E-state index in [1.807, 2.05) is 6.20 Å². The first-order chi connectivity index (χ1) is 10.7. The van der Waals surface area contributed by atoms with Gasteiger partial charge in [-0.25, -0.2) is 0 Å². The lowest BCUT2D eigenvalue weighted by atomic mass is 9.84. The normalized spacial score (nSPS) is 18.4. The van der Waals surface area contributed by atoms with Crippen LogP contribution in [0.25, 0.3) is 10.9 Å². The van der Waals surface area contributed by atoms with Gasteiger partial charge in [0, 0.05) is 30.7 Å². The number of aromatic amines is 1. The highest BCUT2D eigenvalue weighted by molar-refractivity contribution is 5.80. The number of benzene rings is 2. The fraction of sp³-hybridized carbons (Fsp3) is 0.263. The van der Waals surface area contributed by atoms with Crippen LogP contribution in [0.1, 0.15) is 22.6 Å². The van der Waals surface area contributed by atoms with E-state index in [1.54, 1.807) is 7.11 Å². The van der Waals surface area contributed by atoms with Crippen LogP contribution >= 0.6 is 0 Å². The zero-order chi connectivity index (χ0) is 15.1. The van der Waals surface area contributed by atoms with Gasteiger partial charge in [-0.05, 0) is 59.5 Å². The molecule has 1 aliphatic heterocycles. The van der Waals surface area contributed by atoms with Crippen molar-refractivity contribution in [1.29, 1.82) is 0 Å². The first-order valence-corrected chi connectivity index (χ1v) is 7.67. The molecule has 3 heteroatoms. The minimum atomic E-state index is 0.416. The highest BCUT2D eigenvalue weighted by atomic mass is 16.5. The lowest BCUT2D eigenvalue weighted by Crippen LogP contribution is -2.30. The van der Waals surface area contributed by atoms with Gasteiger partial charge in [-0.1, -0.05) is 12.1 Å². The van der Waals surface area contributed by atoms with Crippen LogP contribution < -0.4 is 4.74 Å². The molecule has 4 rings (SSSR count). The summed E-state index contributed by atoms with van der Waals surface area (Å²) < 4.78 is 5.38. The van der Waals surface area contributed by atoms with Crippen LogP contribution in [-0.2, 0) is 6.54 Å². The van der Waals surface area contributed by atoms with Gasteiger partial charge in [0.05, 0.1) is 7.11 Å². The van der Waals surface area contributed by atoms with Crippen molar-refractivity contribution >= 4 is 10.9 Å². The van der Waals surface area contributed by atoms with E-state index in [9.17, 15) is 0 Å². The third-order valence-electron chi connectivity index (χ3n) is 4.64. The second-order valence-electron chi connectivity index (χ2n) is 6.14. The van der Waals surface area contributed by atoms with Crippen molar-refractivity contribution in [2.45, 2.75) is 12.5 Å². The Kier molecular flexibility index (Phi) is 3.16. The van der Waals surface area contributed by atoms with E-state index in [0.29, 0.717) is 5.92 Å². The zero-order valence-corrected chi connectivity index (χ0v) is 13.0. The van der Waals surface area contributed by atoms with Crippen LogP contribution in [0, 0.1) is 0 Å². The fourth-order valence-corrected chi connectivity index (χ4v) is 3.52. The van der Waals surface area contributed by atoms with Crippen LogP contribution in [0.15, 0.2) is 48.7 Å². The van der Waals surface area contributed by atoms with Crippen molar-refractivity contribution in [3.05, 3.63) is 65.4 Å². The number of aromatic nitrogens is 1. The number of hydrogen-bond donors (Lipinski definition) is 1. The monoisotopic (exact) mass is 292 g/mol. The summed E-state index contributed by atoms with van der Waals surface area (Å²) in [6, 6.07) is 15.4. The summed E-state index contributed by atoms with van der Waals surface area (Å²) >= 11 is 0. The molecule has 0 aliphatic carbocycles. The Morgan fingerprint density at radius 1 is 1.14 bits per heavy atom. The van der Waals surface area contributed by atoms with Gasteiger partial charge in [-0.15, -0.1) is 0 Å². The average molecular weight is 292 g/mol. The molecular formula is C19H20N2O. The summed E-state index contributed by atoms with van der Waals surface area (Å²) in [5.41, 5.74) is 5.37. The average Bonchev–Trinajstić information content (AvgIpc) is 3.00. The third-order valence-corrected chi connectivity index (χ3v) is 4.64. The SMILES string of the molecule is COc1ccc2c(c1)CN(C)CC2c1ccc2[nH]ccc2c1. The molecule has 2 heterocycles. The molecular weight excluding hydrogens is 272 g/mol. The molecule has 0 saturated carbocycles. The molecule has 0 fully saturated rings. The second kappa shape index (κ2) is 5.18. The predicted molar refractivity (Wildman–Crippen MR) is 89.5 cm³/mol. The maximum absolute atomic E-state index is 5.38. The number of methoxy groups -OCH3 is 1. The van der Waals surface area contributed by atoms with Crippen molar-refractivity contribution in [2.24, 2.45) is 0 Å². The minimum Gasteiger partial charge on any atom is -0.497 e. The largest absolute Gasteiger partial charge is 0.497 e.